The molecule has 148 valence electrons. The van der Waals surface area contributed by atoms with Gasteiger partial charge in [0.15, 0.2) is 9.84 Å². The van der Waals surface area contributed by atoms with Gasteiger partial charge >= 0.3 is 0 Å². The van der Waals surface area contributed by atoms with Crippen LogP contribution in [-0.4, -0.2) is 44.5 Å². The van der Waals surface area contributed by atoms with Crippen LogP contribution in [0.2, 0.25) is 0 Å². The molecule has 0 bridgehead atoms. The van der Waals surface area contributed by atoms with Crippen LogP contribution < -0.4 is 5.32 Å². The van der Waals surface area contributed by atoms with Crippen molar-refractivity contribution in [1.82, 2.24) is 9.88 Å². The van der Waals surface area contributed by atoms with Crippen LogP contribution in [0.3, 0.4) is 0 Å². The number of hydrogen-bond donors (Lipinski definition) is 1. The number of rotatable bonds is 6. The quantitative estimate of drug-likeness (QED) is 0.780. The highest BCUT2D eigenvalue weighted by molar-refractivity contribution is 7.90. The maximum Gasteiger partial charge on any atom is 0.187 e. The largest absolute Gasteiger partial charge is 0.378 e. The van der Waals surface area contributed by atoms with Crippen molar-refractivity contribution in [1.29, 1.82) is 0 Å². The van der Waals surface area contributed by atoms with Crippen LogP contribution in [0.5, 0.6) is 0 Å². The second kappa shape index (κ2) is 8.20. The molecule has 0 aliphatic heterocycles. The predicted molar refractivity (Wildman–Crippen MR) is 103 cm³/mol. The van der Waals surface area contributed by atoms with Crippen molar-refractivity contribution in [3.05, 3.63) is 40.4 Å². The van der Waals surface area contributed by atoms with E-state index in [0.717, 1.165) is 49.2 Å². The van der Waals surface area contributed by atoms with Gasteiger partial charge in [-0.2, -0.15) is 0 Å². The average molecular weight is 416 g/mol. The Morgan fingerprint density at radius 3 is 2.63 bits per heavy atom. The average Bonchev–Trinajstić information content (AvgIpc) is 3.10. The number of hydrogen-bond acceptors (Lipinski definition) is 6. The van der Waals surface area contributed by atoms with E-state index in [-0.39, 0.29) is 17.8 Å². The van der Waals surface area contributed by atoms with E-state index in [4.69, 9.17) is 0 Å². The second-order valence-corrected chi connectivity index (χ2v) is 9.95. The summed E-state index contributed by atoms with van der Waals surface area (Å²) in [6.45, 7) is 0. The van der Waals surface area contributed by atoms with Crippen LogP contribution in [0.25, 0.3) is 0 Å². The van der Waals surface area contributed by atoms with Gasteiger partial charge in [0.1, 0.15) is 27.3 Å². The highest BCUT2D eigenvalue weighted by Crippen LogP contribution is 2.29. The summed E-state index contributed by atoms with van der Waals surface area (Å²) in [7, 11) is -0.0773. The summed E-state index contributed by atoms with van der Waals surface area (Å²) in [5, 5.41) is 5.06. The lowest BCUT2D eigenvalue weighted by Crippen LogP contribution is -2.45. The van der Waals surface area contributed by atoms with Crippen LogP contribution >= 0.6 is 11.3 Å². The Morgan fingerprint density at radius 2 is 1.96 bits per heavy atom. The Balaban J connectivity index is 1.84. The van der Waals surface area contributed by atoms with Gasteiger partial charge in [0.2, 0.25) is 0 Å². The van der Waals surface area contributed by atoms with Gasteiger partial charge in [-0.3, -0.25) is 0 Å². The molecular weight excluding hydrogens is 392 g/mol. The van der Waals surface area contributed by atoms with Crippen molar-refractivity contribution >= 4 is 26.9 Å². The van der Waals surface area contributed by atoms with Gasteiger partial charge in [-0.15, -0.1) is 11.3 Å². The monoisotopic (exact) mass is 415 g/mol. The summed E-state index contributed by atoms with van der Waals surface area (Å²) in [5.41, 5.74) is -0.000511. The van der Waals surface area contributed by atoms with Gasteiger partial charge in [-0.25, -0.2) is 22.2 Å². The molecule has 1 fully saturated rings. The van der Waals surface area contributed by atoms with E-state index >= 15 is 0 Å². The first-order chi connectivity index (χ1) is 12.8. The van der Waals surface area contributed by atoms with Crippen molar-refractivity contribution < 1.29 is 17.2 Å². The zero-order valence-electron chi connectivity index (χ0n) is 15.3. The normalized spacial score (nSPS) is 20.8. The van der Waals surface area contributed by atoms with Gasteiger partial charge < -0.3 is 10.2 Å². The first-order valence-corrected chi connectivity index (χ1v) is 11.3. The highest BCUT2D eigenvalue weighted by atomic mass is 32.2. The molecule has 3 rings (SSSR count). The molecule has 1 heterocycles. The van der Waals surface area contributed by atoms with Crippen LogP contribution in [0.15, 0.2) is 28.6 Å². The van der Waals surface area contributed by atoms with E-state index in [1.165, 1.54) is 6.20 Å². The van der Waals surface area contributed by atoms with Gasteiger partial charge in [-0.05, 0) is 33.0 Å². The van der Waals surface area contributed by atoms with Gasteiger partial charge in [-0.1, -0.05) is 12.8 Å². The molecule has 27 heavy (non-hydrogen) atoms. The second-order valence-electron chi connectivity index (χ2n) is 7.01. The molecule has 1 aromatic heterocycles. The lowest BCUT2D eigenvalue weighted by molar-refractivity contribution is 0.211. The van der Waals surface area contributed by atoms with Crippen LogP contribution in [0, 0.1) is 11.6 Å². The predicted octanol–water partition coefficient (Wildman–Crippen LogP) is 3.68. The SMILES string of the molecule is CN(C)[C@H]1CCCC[C@@H]1Nc1cc(F)c(S(=O)(=O)Cc2nccs2)cc1F. The van der Waals surface area contributed by atoms with Gasteiger partial charge in [0.25, 0.3) is 0 Å². The third-order valence-corrected chi connectivity index (χ3v) is 7.49. The summed E-state index contributed by atoms with van der Waals surface area (Å²) in [6.07, 6.45) is 5.44. The Hall–Kier alpha value is -1.58. The fourth-order valence-electron chi connectivity index (χ4n) is 3.54. The molecule has 2 aromatic rings. The lowest BCUT2D eigenvalue weighted by atomic mass is 9.89. The molecule has 2 atom stereocenters. The molecule has 0 spiro atoms. The number of halogens is 2. The van der Waals surface area contributed by atoms with Crippen molar-refractivity contribution in [3.63, 3.8) is 0 Å². The van der Waals surface area contributed by atoms with Crippen molar-refractivity contribution in [2.24, 2.45) is 0 Å². The van der Waals surface area contributed by atoms with Crippen LogP contribution in [0.4, 0.5) is 14.5 Å². The smallest absolute Gasteiger partial charge is 0.187 e. The van der Waals surface area contributed by atoms with Gasteiger partial charge in [0.05, 0.1) is 5.69 Å². The van der Waals surface area contributed by atoms with E-state index in [9.17, 15) is 17.2 Å². The van der Waals surface area contributed by atoms with Crippen LogP contribution in [-0.2, 0) is 15.6 Å². The topological polar surface area (TPSA) is 62.3 Å². The maximum atomic E-state index is 14.6. The summed E-state index contributed by atoms with van der Waals surface area (Å²) >= 11 is 1.16. The van der Waals surface area contributed by atoms with Gasteiger partial charge in [0, 0.05) is 29.7 Å². The fraction of sp³-hybridized carbons (Fsp3) is 0.500. The van der Waals surface area contributed by atoms with Crippen LogP contribution in [0.1, 0.15) is 30.7 Å². The molecule has 0 unspecified atom stereocenters. The third kappa shape index (κ3) is 4.64. The fourth-order valence-corrected chi connectivity index (χ4v) is 5.87. The molecule has 0 saturated heterocycles. The Kier molecular flexibility index (Phi) is 6.12. The molecule has 1 saturated carbocycles. The maximum absolute atomic E-state index is 14.6. The number of thiazole rings is 1. The van der Waals surface area contributed by atoms with E-state index in [0.29, 0.717) is 5.01 Å². The third-order valence-electron chi connectivity index (χ3n) is 4.89. The van der Waals surface area contributed by atoms with E-state index in [2.05, 4.69) is 15.2 Å². The number of nitrogens with one attached hydrogen (secondary N) is 1. The Morgan fingerprint density at radius 1 is 1.22 bits per heavy atom. The number of likely N-dealkylation sites (N-methyl/N-ethyl adjacent to an activating group) is 1. The van der Waals surface area contributed by atoms with Crippen molar-refractivity contribution in [3.8, 4) is 0 Å². The minimum Gasteiger partial charge on any atom is -0.378 e. The standard InChI is InChI=1S/C18H23F2N3O2S2/c1-23(2)16-6-4-3-5-14(16)22-15-9-13(20)17(10-12(15)19)27(24,25)11-18-21-7-8-26-18/h7-10,14,16,22H,3-6,11H2,1-2H3/t14-,16-/m0/s1. The van der Waals surface area contributed by atoms with E-state index in [1.807, 2.05) is 14.1 Å². The van der Waals surface area contributed by atoms with E-state index < -0.39 is 32.1 Å². The molecular formula is C18H23F2N3O2S2. The number of nitrogens with zero attached hydrogens (tertiary/aromatic N) is 2. The first kappa shape index (κ1) is 20.2. The van der Waals surface area contributed by atoms with E-state index in [1.54, 1.807) is 5.38 Å². The molecule has 1 aliphatic carbocycles. The first-order valence-electron chi connectivity index (χ1n) is 8.81. The number of benzene rings is 1. The summed E-state index contributed by atoms with van der Waals surface area (Å²) in [4.78, 5) is 5.36. The van der Waals surface area contributed by atoms with Crippen molar-refractivity contribution in [2.45, 2.75) is 48.4 Å². The molecule has 0 amide bonds. The Labute approximate surface area is 162 Å². The van der Waals surface area contributed by atoms with Crippen molar-refractivity contribution in [2.75, 3.05) is 19.4 Å². The minimum absolute atomic E-state index is 0.000511. The summed E-state index contributed by atoms with van der Waals surface area (Å²) < 4.78 is 54.0. The molecule has 1 aliphatic rings. The molecule has 1 aromatic carbocycles. The number of aromatic nitrogens is 1. The minimum atomic E-state index is -4.01. The molecule has 1 N–H and O–H groups in total. The lowest BCUT2D eigenvalue weighted by Gasteiger charge is -2.37. The summed E-state index contributed by atoms with van der Waals surface area (Å²) in [6, 6.07) is 1.93. The number of sulfone groups is 1. The highest BCUT2D eigenvalue weighted by Gasteiger charge is 2.29. The Bertz CT molecular complexity index is 886. The number of anilines is 1. The zero-order chi connectivity index (χ0) is 19.6. The molecule has 0 radical (unpaired) electrons. The molecule has 9 heteroatoms. The summed E-state index contributed by atoms with van der Waals surface area (Å²) in [5.74, 6) is -2.16. The zero-order valence-corrected chi connectivity index (χ0v) is 16.9. The molecule has 5 nitrogen and oxygen atoms in total.